The van der Waals surface area contributed by atoms with Gasteiger partial charge in [0.2, 0.25) is 0 Å². The zero-order valence-electron chi connectivity index (χ0n) is 17.1. The van der Waals surface area contributed by atoms with E-state index in [1.54, 1.807) is 6.07 Å². The Labute approximate surface area is 177 Å². The smallest absolute Gasteiger partial charge is 0.251 e. The predicted octanol–water partition coefficient (Wildman–Crippen LogP) is 4.30. The molecule has 0 radical (unpaired) electrons. The van der Waals surface area contributed by atoms with Gasteiger partial charge < -0.3 is 20.1 Å². The van der Waals surface area contributed by atoms with E-state index in [9.17, 15) is 4.79 Å². The minimum Gasteiger partial charge on any atom is -0.491 e. The molecule has 0 aromatic heterocycles. The van der Waals surface area contributed by atoms with Crippen LogP contribution in [0.5, 0.6) is 11.5 Å². The molecule has 3 aromatic rings. The molecule has 1 unspecified atom stereocenters. The van der Waals surface area contributed by atoms with E-state index in [1.807, 2.05) is 67.6 Å². The molecule has 0 spiro atoms. The average molecular weight is 402 g/mol. The van der Waals surface area contributed by atoms with Crippen molar-refractivity contribution in [1.29, 1.82) is 0 Å². The van der Waals surface area contributed by atoms with Gasteiger partial charge >= 0.3 is 0 Å². The van der Waals surface area contributed by atoms with Gasteiger partial charge in [-0.25, -0.2) is 0 Å². The highest BCUT2D eigenvalue weighted by molar-refractivity contribution is 5.95. The van der Waals surface area contributed by atoms with Gasteiger partial charge in [-0.05, 0) is 49.2 Å². The summed E-state index contributed by atoms with van der Waals surface area (Å²) >= 11 is 0. The summed E-state index contributed by atoms with van der Waals surface area (Å²) < 4.78 is 11.8. The fourth-order valence-electron chi connectivity index (χ4n) is 3.40. The number of rotatable bonds is 7. The van der Waals surface area contributed by atoms with Crippen LogP contribution in [0.1, 0.15) is 22.8 Å². The Morgan fingerprint density at radius 1 is 1.07 bits per heavy atom. The van der Waals surface area contributed by atoms with Crippen LogP contribution in [0.3, 0.4) is 0 Å². The van der Waals surface area contributed by atoms with Crippen molar-refractivity contribution in [3.63, 3.8) is 0 Å². The van der Waals surface area contributed by atoms with E-state index in [0.29, 0.717) is 25.3 Å². The van der Waals surface area contributed by atoms with Crippen molar-refractivity contribution in [2.45, 2.75) is 18.9 Å². The summed E-state index contributed by atoms with van der Waals surface area (Å²) in [6.45, 7) is 3.57. The maximum atomic E-state index is 12.6. The monoisotopic (exact) mass is 402 g/mol. The number of carbonyl (C=O) groups is 1. The third-order valence-electron chi connectivity index (χ3n) is 5.07. The molecule has 0 bridgehead atoms. The van der Waals surface area contributed by atoms with Gasteiger partial charge in [-0.1, -0.05) is 48.5 Å². The average Bonchev–Trinajstić information content (AvgIpc) is 2.78. The molecule has 30 heavy (non-hydrogen) atoms. The van der Waals surface area contributed by atoms with Gasteiger partial charge in [0.25, 0.3) is 5.91 Å². The molecule has 0 saturated carbocycles. The molecule has 1 atom stereocenters. The Morgan fingerprint density at radius 3 is 2.57 bits per heavy atom. The van der Waals surface area contributed by atoms with Gasteiger partial charge in [0.15, 0.2) is 0 Å². The zero-order valence-corrected chi connectivity index (χ0v) is 17.1. The molecule has 5 heteroatoms. The molecule has 3 aromatic carbocycles. The molecule has 0 fully saturated rings. The van der Waals surface area contributed by atoms with Crippen molar-refractivity contribution in [2.24, 2.45) is 0 Å². The van der Waals surface area contributed by atoms with Crippen LogP contribution < -0.4 is 20.1 Å². The molecule has 2 N–H and O–H groups in total. The highest BCUT2D eigenvalue weighted by Crippen LogP contribution is 2.33. The Morgan fingerprint density at radius 2 is 1.80 bits per heavy atom. The van der Waals surface area contributed by atoms with Crippen LogP contribution in [0.25, 0.3) is 0 Å². The third-order valence-corrected chi connectivity index (χ3v) is 5.07. The third kappa shape index (κ3) is 4.92. The molecule has 1 amide bonds. The Kier molecular flexibility index (Phi) is 5.89. The molecular formula is C25H26N2O3. The number of benzene rings is 3. The number of hydrogen-bond acceptors (Lipinski definition) is 4. The maximum Gasteiger partial charge on any atom is 0.251 e. The Bertz CT molecular complexity index is 992. The minimum atomic E-state index is -0.398. The molecule has 0 saturated heterocycles. The van der Waals surface area contributed by atoms with Crippen LogP contribution in [0.4, 0.5) is 5.69 Å². The summed E-state index contributed by atoms with van der Waals surface area (Å²) in [5, 5.41) is 6.48. The second-order valence-electron chi connectivity index (χ2n) is 7.78. The van der Waals surface area contributed by atoms with Crippen molar-refractivity contribution in [1.82, 2.24) is 5.32 Å². The van der Waals surface area contributed by atoms with Crippen LogP contribution in [0, 0.1) is 0 Å². The fourth-order valence-corrected chi connectivity index (χ4v) is 3.40. The molecule has 1 heterocycles. The topological polar surface area (TPSA) is 59.6 Å². The Hall–Kier alpha value is -3.47. The molecule has 1 aliphatic rings. The molecular weight excluding hydrogens is 376 g/mol. The summed E-state index contributed by atoms with van der Waals surface area (Å²) in [4.78, 5) is 12.6. The fraction of sp³-hybridized carbons (Fsp3) is 0.240. The normalized spacial score (nSPS) is 17.2. The van der Waals surface area contributed by atoms with Gasteiger partial charge in [0.1, 0.15) is 30.3 Å². The van der Waals surface area contributed by atoms with E-state index in [1.165, 1.54) is 5.56 Å². The first-order valence-corrected chi connectivity index (χ1v) is 10.2. The first kappa shape index (κ1) is 19.8. The number of ether oxygens (including phenoxy) is 2. The van der Waals surface area contributed by atoms with Crippen LogP contribution in [-0.2, 0) is 6.42 Å². The molecule has 0 aliphatic carbocycles. The van der Waals surface area contributed by atoms with E-state index in [2.05, 4.69) is 22.8 Å². The molecule has 1 aliphatic heterocycles. The number of amides is 1. The van der Waals surface area contributed by atoms with Crippen LogP contribution in [-0.4, -0.2) is 31.2 Å². The summed E-state index contributed by atoms with van der Waals surface area (Å²) in [5.41, 5.74) is 2.21. The lowest BCUT2D eigenvalue weighted by atomic mass is 10.0. The first-order valence-electron chi connectivity index (χ1n) is 10.2. The standard InChI is InChI=1S/C25H26N2O3/c1-25(17-29-21-10-6-3-7-11-21)18-30-23-13-12-20(16-22(23)27-25)24(28)26-15-14-19-8-4-2-5-9-19/h2-13,16,27H,14-15,17-18H2,1H3,(H,26,28). The van der Waals surface area contributed by atoms with Crippen molar-refractivity contribution >= 4 is 11.6 Å². The van der Waals surface area contributed by atoms with Crippen molar-refractivity contribution in [2.75, 3.05) is 25.1 Å². The minimum absolute atomic E-state index is 0.0941. The summed E-state index contributed by atoms with van der Waals surface area (Å²) in [5.74, 6) is 1.47. The molecule has 4 rings (SSSR count). The van der Waals surface area contributed by atoms with Crippen molar-refractivity contribution in [3.8, 4) is 11.5 Å². The number of fused-ring (bicyclic) bond motifs is 1. The van der Waals surface area contributed by atoms with E-state index >= 15 is 0 Å². The highest BCUT2D eigenvalue weighted by atomic mass is 16.5. The number of anilines is 1. The van der Waals surface area contributed by atoms with E-state index < -0.39 is 5.54 Å². The van der Waals surface area contributed by atoms with Gasteiger partial charge in [-0.15, -0.1) is 0 Å². The number of para-hydroxylation sites is 1. The SMILES string of the molecule is CC1(COc2ccccc2)COc2ccc(C(=O)NCCc3ccccc3)cc2N1. The summed E-state index contributed by atoms with van der Waals surface area (Å²) in [6, 6.07) is 25.3. The van der Waals surface area contributed by atoms with Gasteiger partial charge in [-0.3, -0.25) is 4.79 Å². The number of nitrogens with one attached hydrogen (secondary N) is 2. The van der Waals surface area contributed by atoms with Gasteiger partial charge in [-0.2, -0.15) is 0 Å². The van der Waals surface area contributed by atoms with Gasteiger partial charge in [0.05, 0.1) is 5.69 Å². The van der Waals surface area contributed by atoms with Crippen molar-refractivity contribution in [3.05, 3.63) is 90.0 Å². The second kappa shape index (κ2) is 8.91. The lowest BCUT2D eigenvalue weighted by Gasteiger charge is -2.36. The van der Waals surface area contributed by atoms with E-state index in [-0.39, 0.29) is 5.91 Å². The van der Waals surface area contributed by atoms with Gasteiger partial charge in [0, 0.05) is 12.1 Å². The van der Waals surface area contributed by atoms with E-state index in [0.717, 1.165) is 23.6 Å². The molecule has 5 nitrogen and oxygen atoms in total. The largest absolute Gasteiger partial charge is 0.491 e. The molecule has 154 valence electrons. The summed E-state index contributed by atoms with van der Waals surface area (Å²) in [6.07, 6.45) is 0.799. The second-order valence-corrected chi connectivity index (χ2v) is 7.78. The van der Waals surface area contributed by atoms with E-state index in [4.69, 9.17) is 9.47 Å². The van der Waals surface area contributed by atoms with Crippen molar-refractivity contribution < 1.29 is 14.3 Å². The predicted molar refractivity (Wildman–Crippen MR) is 118 cm³/mol. The quantitative estimate of drug-likeness (QED) is 0.619. The Balaban J connectivity index is 1.36. The summed E-state index contributed by atoms with van der Waals surface area (Å²) in [7, 11) is 0. The number of carbonyl (C=O) groups excluding carboxylic acids is 1. The van der Waals surface area contributed by atoms with Crippen LogP contribution in [0.2, 0.25) is 0 Å². The van der Waals surface area contributed by atoms with Crippen LogP contribution >= 0.6 is 0 Å². The first-order chi connectivity index (χ1) is 14.6. The zero-order chi connectivity index (χ0) is 20.8. The number of hydrogen-bond donors (Lipinski definition) is 2. The highest BCUT2D eigenvalue weighted by Gasteiger charge is 2.32. The lowest BCUT2D eigenvalue weighted by Crippen LogP contribution is -2.48. The maximum absolute atomic E-state index is 12.6. The van der Waals surface area contributed by atoms with Crippen LogP contribution in [0.15, 0.2) is 78.9 Å². The lowest BCUT2D eigenvalue weighted by molar-refractivity contribution is 0.0954.